The molecular weight excluding hydrogens is 314 g/mol. The molecule has 23 heavy (non-hydrogen) atoms. The van der Waals surface area contributed by atoms with E-state index in [1.165, 1.54) is 11.8 Å². The third kappa shape index (κ3) is 3.40. The summed E-state index contributed by atoms with van der Waals surface area (Å²) in [7, 11) is 0. The largest absolute Gasteiger partial charge is 0.376 e. The zero-order chi connectivity index (χ0) is 16.4. The lowest BCUT2D eigenvalue weighted by molar-refractivity contribution is -0.117. The Balaban J connectivity index is 2.06. The van der Waals surface area contributed by atoms with Gasteiger partial charge in [0.1, 0.15) is 0 Å². The standard InChI is InChI=1S/C16H19N3O3S/c1-10(14(17)20)23-16-18-13-7-3-2-6-12(13)15(21)19(16)9-11-5-4-8-22-11/h2-3,6-7,10-11H,4-5,8-9H2,1H3,(H2,17,20). The van der Waals surface area contributed by atoms with E-state index in [-0.39, 0.29) is 11.7 Å². The van der Waals surface area contributed by atoms with Crippen molar-refractivity contribution in [3.8, 4) is 0 Å². The summed E-state index contributed by atoms with van der Waals surface area (Å²) in [4.78, 5) is 28.8. The number of aromatic nitrogens is 2. The number of amides is 1. The number of para-hydroxylation sites is 1. The minimum atomic E-state index is -0.459. The summed E-state index contributed by atoms with van der Waals surface area (Å²) in [5.74, 6) is -0.430. The van der Waals surface area contributed by atoms with Gasteiger partial charge in [-0.3, -0.25) is 14.2 Å². The van der Waals surface area contributed by atoms with Gasteiger partial charge in [0, 0.05) is 6.61 Å². The number of rotatable bonds is 5. The molecule has 2 heterocycles. The average molecular weight is 333 g/mol. The summed E-state index contributed by atoms with van der Waals surface area (Å²) in [5, 5.41) is 0.621. The normalized spacial score (nSPS) is 19.1. The number of hydrogen-bond donors (Lipinski definition) is 1. The second kappa shape index (κ2) is 6.72. The number of primary amides is 1. The van der Waals surface area contributed by atoms with E-state index in [9.17, 15) is 9.59 Å². The minimum absolute atomic E-state index is 0.0129. The molecule has 0 aliphatic carbocycles. The van der Waals surface area contributed by atoms with Gasteiger partial charge in [0.2, 0.25) is 5.91 Å². The first kappa shape index (κ1) is 16.0. The van der Waals surface area contributed by atoms with Gasteiger partial charge in [-0.05, 0) is 31.9 Å². The van der Waals surface area contributed by atoms with E-state index >= 15 is 0 Å². The van der Waals surface area contributed by atoms with Gasteiger partial charge in [-0.2, -0.15) is 0 Å². The van der Waals surface area contributed by atoms with Crippen LogP contribution in [0.2, 0.25) is 0 Å². The maximum atomic E-state index is 12.8. The van der Waals surface area contributed by atoms with Gasteiger partial charge in [-0.25, -0.2) is 4.98 Å². The van der Waals surface area contributed by atoms with Crippen molar-refractivity contribution >= 4 is 28.6 Å². The molecule has 1 aliphatic rings. The topological polar surface area (TPSA) is 87.2 Å². The molecule has 1 aromatic carbocycles. The van der Waals surface area contributed by atoms with Gasteiger partial charge < -0.3 is 10.5 Å². The number of fused-ring (bicyclic) bond motifs is 1. The monoisotopic (exact) mass is 333 g/mol. The first-order chi connectivity index (χ1) is 11.1. The molecule has 1 saturated heterocycles. The molecule has 2 unspecified atom stereocenters. The Morgan fingerprint density at radius 2 is 2.30 bits per heavy atom. The summed E-state index contributed by atoms with van der Waals surface area (Å²) >= 11 is 1.21. The Kier molecular flexibility index (Phi) is 4.68. The molecule has 0 bridgehead atoms. The molecule has 0 radical (unpaired) electrons. The molecule has 1 amide bonds. The number of thioether (sulfide) groups is 1. The molecule has 1 fully saturated rings. The van der Waals surface area contributed by atoms with E-state index in [1.807, 2.05) is 12.1 Å². The van der Waals surface area contributed by atoms with E-state index in [2.05, 4.69) is 4.98 Å². The summed E-state index contributed by atoms with van der Waals surface area (Å²) in [5.41, 5.74) is 5.87. The molecule has 122 valence electrons. The van der Waals surface area contributed by atoms with Crippen LogP contribution < -0.4 is 11.3 Å². The van der Waals surface area contributed by atoms with Crippen molar-refractivity contribution in [2.75, 3.05) is 6.61 Å². The molecule has 2 aromatic rings. The highest BCUT2D eigenvalue weighted by molar-refractivity contribution is 8.00. The molecule has 2 N–H and O–H groups in total. The van der Waals surface area contributed by atoms with Crippen LogP contribution in [-0.4, -0.2) is 33.4 Å². The number of ether oxygens (including phenoxy) is 1. The lowest BCUT2D eigenvalue weighted by Crippen LogP contribution is -2.30. The average Bonchev–Trinajstić information content (AvgIpc) is 3.04. The summed E-state index contributed by atoms with van der Waals surface area (Å²) in [6.07, 6.45) is 1.94. The van der Waals surface area contributed by atoms with E-state index < -0.39 is 11.2 Å². The highest BCUT2D eigenvalue weighted by atomic mass is 32.2. The molecule has 1 aliphatic heterocycles. The molecule has 0 saturated carbocycles. The van der Waals surface area contributed by atoms with Crippen molar-refractivity contribution < 1.29 is 9.53 Å². The van der Waals surface area contributed by atoms with Crippen LogP contribution in [0.1, 0.15) is 19.8 Å². The maximum Gasteiger partial charge on any atom is 0.262 e. The smallest absolute Gasteiger partial charge is 0.262 e. The third-order valence-corrected chi connectivity index (χ3v) is 5.03. The fraction of sp³-hybridized carbons (Fsp3) is 0.438. The van der Waals surface area contributed by atoms with Crippen LogP contribution in [0.5, 0.6) is 0 Å². The van der Waals surface area contributed by atoms with Crippen molar-refractivity contribution in [1.82, 2.24) is 9.55 Å². The highest BCUT2D eigenvalue weighted by Crippen LogP contribution is 2.24. The first-order valence-corrected chi connectivity index (χ1v) is 8.51. The van der Waals surface area contributed by atoms with Crippen molar-refractivity contribution in [2.24, 2.45) is 5.73 Å². The number of hydrogen-bond acceptors (Lipinski definition) is 5. The zero-order valence-electron chi connectivity index (χ0n) is 12.9. The fourth-order valence-corrected chi connectivity index (χ4v) is 3.47. The van der Waals surface area contributed by atoms with Crippen LogP contribution in [-0.2, 0) is 16.1 Å². The zero-order valence-corrected chi connectivity index (χ0v) is 13.7. The van der Waals surface area contributed by atoms with Gasteiger partial charge in [-0.1, -0.05) is 23.9 Å². The quantitative estimate of drug-likeness (QED) is 0.662. The van der Waals surface area contributed by atoms with Crippen LogP contribution in [0.3, 0.4) is 0 Å². The van der Waals surface area contributed by atoms with E-state index in [0.29, 0.717) is 22.6 Å². The number of nitrogens with zero attached hydrogens (tertiary/aromatic N) is 2. The summed E-state index contributed by atoms with van der Waals surface area (Å²) in [6.45, 7) is 2.88. The summed E-state index contributed by atoms with van der Waals surface area (Å²) < 4.78 is 7.26. The molecule has 7 heteroatoms. The lowest BCUT2D eigenvalue weighted by atomic mass is 10.2. The Bertz CT molecular complexity index is 784. The molecule has 2 atom stereocenters. The molecule has 3 rings (SSSR count). The van der Waals surface area contributed by atoms with E-state index in [1.54, 1.807) is 23.6 Å². The summed E-state index contributed by atoms with van der Waals surface area (Å²) in [6, 6.07) is 7.22. The van der Waals surface area contributed by atoms with Gasteiger partial charge in [0.15, 0.2) is 5.16 Å². The lowest BCUT2D eigenvalue weighted by Gasteiger charge is -2.17. The molecule has 1 aromatic heterocycles. The molecular formula is C16H19N3O3S. The predicted molar refractivity (Wildman–Crippen MR) is 89.5 cm³/mol. The number of nitrogens with two attached hydrogens (primary N) is 1. The SMILES string of the molecule is CC(Sc1nc2ccccc2c(=O)n1CC1CCCO1)C(N)=O. The van der Waals surface area contributed by atoms with Gasteiger partial charge >= 0.3 is 0 Å². The van der Waals surface area contributed by atoms with Crippen molar-refractivity contribution in [2.45, 2.75) is 42.8 Å². The van der Waals surface area contributed by atoms with Gasteiger partial charge in [0.05, 0.1) is 28.8 Å². The highest BCUT2D eigenvalue weighted by Gasteiger charge is 2.22. The number of carbonyl (C=O) groups excluding carboxylic acids is 1. The van der Waals surface area contributed by atoms with Crippen molar-refractivity contribution in [3.63, 3.8) is 0 Å². The third-order valence-electron chi connectivity index (χ3n) is 3.92. The molecule has 0 spiro atoms. The van der Waals surface area contributed by atoms with Crippen molar-refractivity contribution in [3.05, 3.63) is 34.6 Å². The van der Waals surface area contributed by atoms with E-state index in [4.69, 9.17) is 10.5 Å². The fourth-order valence-electron chi connectivity index (χ4n) is 2.61. The minimum Gasteiger partial charge on any atom is -0.376 e. The first-order valence-electron chi connectivity index (χ1n) is 7.63. The van der Waals surface area contributed by atoms with Gasteiger partial charge in [0.25, 0.3) is 5.56 Å². The maximum absolute atomic E-state index is 12.8. The van der Waals surface area contributed by atoms with Crippen LogP contribution >= 0.6 is 11.8 Å². The van der Waals surface area contributed by atoms with Crippen LogP contribution in [0, 0.1) is 0 Å². The Morgan fingerprint density at radius 1 is 1.52 bits per heavy atom. The van der Waals surface area contributed by atoms with Crippen LogP contribution in [0.25, 0.3) is 10.9 Å². The van der Waals surface area contributed by atoms with Gasteiger partial charge in [-0.15, -0.1) is 0 Å². The van der Waals surface area contributed by atoms with Crippen LogP contribution in [0.15, 0.2) is 34.2 Å². The van der Waals surface area contributed by atoms with Crippen LogP contribution in [0.4, 0.5) is 0 Å². The Hall–Kier alpha value is -1.86. The van der Waals surface area contributed by atoms with Crippen molar-refractivity contribution in [1.29, 1.82) is 0 Å². The second-order valence-corrected chi connectivity index (χ2v) is 6.93. The Morgan fingerprint density at radius 3 is 3.00 bits per heavy atom. The second-order valence-electron chi connectivity index (χ2n) is 5.62. The van der Waals surface area contributed by atoms with E-state index in [0.717, 1.165) is 19.4 Å². The number of benzene rings is 1. The Labute approximate surface area is 138 Å². The number of carbonyl (C=O) groups is 1. The predicted octanol–water partition coefficient (Wildman–Crippen LogP) is 1.54. The molecule has 6 nitrogen and oxygen atoms in total.